The fourth-order valence-corrected chi connectivity index (χ4v) is 3.30. The minimum Gasteiger partial charge on any atom is -0.361 e. The fraction of sp³-hybridized carbons (Fsp3) is 0.167. The highest BCUT2D eigenvalue weighted by Gasteiger charge is 2.11. The number of nitrogens with zero attached hydrogens (tertiary/aromatic N) is 6. The molecular weight excluding hydrogens is 330 g/mol. The van der Waals surface area contributed by atoms with Crippen molar-refractivity contribution >= 4 is 27.7 Å². The molecule has 0 bridgehead atoms. The average Bonchev–Trinajstić information content (AvgIpc) is 3.27. The molecule has 26 heavy (non-hydrogen) atoms. The predicted octanol–water partition coefficient (Wildman–Crippen LogP) is 1.87. The monoisotopic (exact) mass is 345 g/mol. The first kappa shape index (κ1) is 14.8. The molecule has 5 rings (SSSR count). The highest BCUT2D eigenvalue weighted by molar-refractivity contribution is 5.83. The second-order valence-electron chi connectivity index (χ2n) is 6.33. The van der Waals surface area contributed by atoms with Gasteiger partial charge in [-0.05, 0) is 37.1 Å². The summed E-state index contributed by atoms with van der Waals surface area (Å²) in [6.45, 7) is 2.64. The third-order valence-corrected chi connectivity index (χ3v) is 4.66. The Kier molecular flexibility index (Phi) is 3.11. The zero-order valence-electron chi connectivity index (χ0n) is 14.0. The van der Waals surface area contributed by atoms with Gasteiger partial charge in [0, 0.05) is 29.8 Å². The molecule has 0 amide bonds. The number of nitrogens with one attached hydrogen (secondary N) is 1. The van der Waals surface area contributed by atoms with E-state index in [4.69, 9.17) is 0 Å². The molecule has 4 heterocycles. The first-order valence-corrected chi connectivity index (χ1v) is 8.33. The fourth-order valence-electron chi connectivity index (χ4n) is 3.30. The van der Waals surface area contributed by atoms with Crippen molar-refractivity contribution in [2.45, 2.75) is 19.9 Å². The largest absolute Gasteiger partial charge is 0.361 e. The zero-order valence-corrected chi connectivity index (χ0v) is 14.0. The van der Waals surface area contributed by atoms with Crippen LogP contribution in [-0.4, -0.2) is 34.3 Å². The summed E-state index contributed by atoms with van der Waals surface area (Å²) in [4.78, 5) is 20.0. The van der Waals surface area contributed by atoms with Gasteiger partial charge in [-0.3, -0.25) is 4.79 Å². The molecule has 0 spiro atoms. The molecule has 8 nitrogen and oxygen atoms in total. The zero-order chi connectivity index (χ0) is 17.7. The number of aryl methyl sites for hydroxylation is 3. The minimum atomic E-state index is -0.177. The van der Waals surface area contributed by atoms with Crippen molar-refractivity contribution in [3.05, 3.63) is 64.5 Å². The molecule has 4 aromatic heterocycles. The lowest BCUT2D eigenvalue weighted by Gasteiger charge is -2.07. The molecule has 0 saturated carbocycles. The average molecular weight is 345 g/mol. The van der Waals surface area contributed by atoms with Crippen molar-refractivity contribution in [1.29, 1.82) is 0 Å². The van der Waals surface area contributed by atoms with E-state index in [0.29, 0.717) is 23.4 Å². The molecule has 0 aliphatic heterocycles. The normalized spacial score (nSPS) is 11.7. The van der Waals surface area contributed by atoms with Crippen molar-refractivity contribution < 1.29 is 0 Å². The van der Waals surface area contributed by atoms with E-state index in [0.717, 1.165) is 11.9 Å². The number of aromatic nitrogens is 7. The van der Waals surface area contributed by atoms with Crippen LogP contribution in [0.2, 0.25) is 0 Å². The van der Waals surface area contributed by atoms with Gasteiger partial charge < -0.3 is 9.55 Å². The van der Waals surface area contributed by atoms with Gasteiger partial charge in [-0.25, -0.2) is 0 Å². The van der Waals surface area contributed by atoms with Crippen LogP contribution in [0.25, 0.3) is 27.7 Å². The van der Waals surface area contributed by atoms with Gasteiger partial charge in [0.25, 0.3) is 11.3 Å². The Labute approximate surface area is 147 Å². The number of hydrogen-bond donors (Lipinski definition) is 1. The molecule has 0 unspecified atom stereocenters. The number of hydrogen-bond acceptors (Lipinski definition) is 5. The lowest BCUT2D eigenvalue weighted by atomic mass is 10.1. The van der Waals surface area contributed by atoms with Crippen LogP contribution in [0.1, 0.15) is 11.1 Å². The topological polar surface area (TPSA) is 93.8 Å². The van der Waals surface area contributed by atoms with Gasteiger partial charge in [0.05, 0.1) is 0 Å². The smallest absolute Gasteiger partial charge is 0.280 e. The molecule has 0 radical (unpaired) electrons. The Morgan fingerprint density at radius 1 is 1.19 bits per heavy atom. The molecule has 0 atom stereocenters. The number of rotatable bonds is 3. The summed E-state index contributed by atoms with van der Waals surface area (Å²) < 4.78 is 3.19. The first-order valence-electron chi connectivity index (χ1n) is 8.33. The summed E-state index contributed by atoms with van der Waals surface area (Å²) in [5.41, 5.74) is 4.23. The first-order chi connectivity index (χ1) is 12.7. The van der Waals surface area contributed by atoms with Crippen LogP contribution in [0, 0.1) is 6.92 Å². The summed E-state index contributed by atoms with van der Waals surface area (Å²) in [5.74, 6) is 0.379. The molecule has 5 aromatic rings. The van der Waals surface area contributed by atoms with E-state index in [1.165, 1.54) is 27.4 Å². The van der Waals surface area contributed by atoms with Crippen LogP contribution in [0.15, 0.2) is 47.8 Å². The van der Waals surface area contributed by atoms with E-state index in [-0.39, 0.29) is 5.56 Å². The minimum absolute atomic E-state index is 0.177. The third kappa shape index (κ3) is 2.19. The van der Waals surface area contributed by atoms with E-state index >= 15 is 0 Å². The summed E-state index contributed by atoms with van der Waals surface area (Å²) in [7, 11) is 0. The maximum absolute atomic E-state index is 12.8. The van der Waals surface area contributed by atoms with Crippen molar-refractivity contribution in [1.82, 2.24) is 34.3 Å². The predicted molar refractivity (Wildman–Crippen MR) is 97.1 cm³/mol. The summed E-state index contributed by atoms with van der Waals surface area (Å²) in [6.07, 6.45) is 5.92. The number of H-pyrrole nitrogens is 1. The van der Waals surface area contributed by atoms with Crippen LogP contribution < -0.4 is 5.56 Å². The molecule has 1 aromatic carbocycles. The Morgan fingerprint density at radius 3 is 3.04 bits per heavy atom. The molecule has 8 heteroatoms. The van der Waals surface area contributed by atoms with Gasteiger partial charge >= 0.3 is 0 Å². The standard InChI is InChI=1S/C18H15N7O/c1-11-2-3-14-13(8-11)12(9-19-14)4-6-24-7-5-15-16(17(24)26)22-23-18-20-10-21-25(15)18/h2-3,5,7-10,19H,4,6H2,1H3. The van der Waals surface area contributed by atoms with E-state index < -0.39 is 0 Å². The molecule has 0 aliphatic carbocycles. The number of pyridine rings is 1. The Hall–Kier alpha value is -3.55. The summed E-state index contributed by atoms with van der Waals surface area (Å²) in [6, 6.07) is 8.15. The molecule has 1 N–H and O–H groups in total. The lowest BCUT2D eigenvalue weighted by molar-refractivity contribution is 0.673. The van der Waals surface area contributed by atoms with Crippen molar-refractivity contribution in [3.63, 3.8) is 0 Å². The van der Waals surface area contributed by atoms with Gasteiger partial charge in [-0.1, -0.05) is 11.6 Å². The van der Waals surface area contributed by atoms with E-state index in [1.54, 1.807) is 10.8 Å². The molecule has 0 fully saturated rings. The second-order valence-corrected chi connectivity index (χ2v) is 6.33. The van der Waals surface area contributed by atoms with Crippen molar-refractivity contribution in [2.75, 3.05) is 0 Å². The van der Waals surface area contributed by atoms with Crippen molar-refractivity contribution in [3.8, 4) is 0 Å². The number of benzene rings is 1. The van der Waals surface area contributed by atoms with E-state index in [2.05, 4.69) is 50.4 Å². The molecular formula is C18H15N7O. The third-order valence-electron chi connectivity index (χ3n) is 4.66. The highest BCUT2D eigenvalue weighted by atomic mass is 16.1. The van der Waals surface area contributed by atoms with Crippen LogP contribution in [-0.2, 0) is 13.0 Å². The van der Waals surface area contributed by atoms with E-state index in [9.17, 15) is 4.79 Å². The molecule has 0 saturated heterocycles. The Balaban J connectivity index is 1.53. The van der Waals surface area contributed by atoms with E-state index in [1.807, 2.05) is 12.3 Å². The van der Waals surface area contributed by atoms with Crippen LogP contribution in [0.3, 0.4) is 0 Å². The lowest BCUT2D eigenvalue weighted by Crippen LogP contribution is -2.22. The summed E-state index contributed by atoms with van der Waals surface area (Å²) >= 11 is 0. The van der Waals surface area contributed by atoms with Gasteiger partial charge in [-0.15, -0.1) is 10.2 Å². The number of aromatic amines is 1. The maximum atomic E-state index is 12.8. The quantitative estimate of drug-likeness (QED) is 0.539. The molecule has 128 valence electrons. The molecule has 0 aliphatic rings. The Morgan fingerprint density at radius 2 is 2.12 bits per heavy atom. The highest BCUT2D eigenvalue weighted by Crippen LogP contribution is 2.20. The summed E-state index contributed by atoms with van der Waals surface area (Å²) in [5, 5.41) is 13.3. The van der Waals surface area contributed by atoms with Crippen LogP contribution in [0.5, 0.6) is 0 Å². The van der Waals surface area contributed by atoms with Crippen molar-refractivity contribution in [2.24, 2.45) is 0 Å². The number of fused-ring (bicyclic) bond motifs is 4. The maximum Gasteiger partial charge on any atom is 0.280 e. The SMILES string of the molecule is Cc1ccc2[nH]cc(CCn3ccc4c(nnc5ncnn54)c3=O)c2c1. The van der Waals surface area contributed by atoms with Gasteiger partial charge in [-0.2, -0.15) is 14.6 Å². The van der Waals surface area contributed by atoms with Crippen LogP contribution in [0.4, 0.5) is 0 Å². The second kappa shape index (κ2) is 5.48. The van der Waals surface area contributed by atoms with Gasteiger partial charge in [0.1, 0.15) is 11.8 Å². The van der Waals surface area contributed by atoms with Crippen LogP contribution >= 0.6 is 0 Å². The van der Waals surface area contributed by atoms with Gasteiger partial charge in [0.2, 0.25) is 0 Å². The Bertz CT molecular complexity index is 1330. The van der Waals surface area contributed by atoms with Gasteiger partial charge in [0.15, 0.2) is 5.52 Å².